The van der Waals surface area contributed by atoms with Crippen molar-refractivity contribution in [2.45, 2.75) is 32.6 Å². The third-order valence-electron chi connectivity index (χ3n) is 4.21. The SMILES string of the molecule is COC[C@H]1CCCN(C(=O)C(=O)Nc2cccc(C(C)C)c2)C1. The van der Waals surface area contributed by atoms with Gasteiger partial charge in [0.05, 0.1) is 6.61 Å². The highest BCUT2D eigenvalue weighted by atomic mass is 16.5. The highest BCUT2D eigenvalue weighted by Crippen LogP contribution is 2.20. The van der Waals surface area contributed by atoms with E-state index in [0.29, 0.717) is 37.2 Å². The number of likely N-dealkylation sites (tertiary alicyclic amines) is 1. The van der Waals surface area contributed by atoms with Crippen molar-refractivity contribution < 1.29 is 14.3 Å². The van der Waals surface area contributed by atoms with Crippen molar-refractivity contribution in [3.63, 3.8) is 0 Å². The normalized spacial score (nSPS) is 18.1. The van der Waals surface area contributed by atoms with Gasteiger partial charge in [-0.2, -0.15) is 0 Å². The van der Waals surface area contributed by atoms with Crippen molar-refractivity contribution >= 4 is 17.5 Å². The number of nitrogens with zero attached hydrogens (tertiary/aromatic N) is 1. The van der Waals surface area contributed by atoms with Crippen molar-refractivity contribution in [1.82, 2.24) is 4.90 Å². The van der Waals surface area contributed by atoms with E-state index < -0.39 is 11.8 Å². The Morgan fingerprint density at radius 2 is 2.17 bits per heavy atom. The predicted molar refractivity (Wildman–Crippen MR) is 90.3 cm³/mol. The van der Waals surface area contributed by atoms with E-state index in [4.69, 9.17) is 4.74 Å². The largest absolute Gasteiger partial charge is 0.384 e. The number of ether oxygens (including phenoxy) is 1. The van der Waals surface area contributed by atoms with Gasteiger partial charge in [-0.15, -0.1) is 0 Å². The molecule has 0 spiro atoms. The van der Waals surface area contributed by atoms with Crippen LogP contribution in [0.15, 0.2) is 24.3 Å². The van der Waals surface area contributed by atoms with E-state index in [-0.39, 0.29) is 0 Å². The lowest BCUT2D eigenvalue weighted by molar-refractivity contribution is -0.144. The van der Waals surface area contributed by atoms with E-state index in [1.807, 2.05) is 18.2 Å². The summed E-state index contributed by atoms with van der Waals surface area (Å²) >= 11 is 0. The number of carbonyl (C=O) groups excluding carboxylic acids is 2. The van der Waals surface area contributed by atoms with Crippen LogP contribution in [0.4, 0.5) is 5.69 Å². The topological polar surface area (TPSA) is 58.6 Å². The summed E-state index contributed by atoms with van der Waals surface area (Å²) in [6.07, 6.45) is 1.95. The van der Waals surface area contributed by atoms with Gasteiger partial charge < -0.3 is 15.0 Å². The van der Waals surface area contributed by atoms with Gasteiger partial charge in [0.15, 0.2) is 0 Å². The van der Waals surface area contributed by atoms with Gasteiger partial charge in [-0.1, -0.05) is 26.0 Å². The predicted octanol–water partition coefficient (Wildman–Crippen LogP) is 2.63. The van der Waals surface area contributed by atoms with Gasteiger partial charge in [0, 0.05) is 25.9 Å². The number of hydrogen-bond donors (Lipinski definition) is 1. The summed E-state index contributed by atoms with van der Waals surface area (Å²) in [5.74, 6) is -0.334. The van der Waals surface area contributed by atoms with Crippen LogP contribution >= 0.6 is 0 Å². The Kier molecular flexibility index (Phi) is 6.16. The molecule has 1 aromatic carbocycles. The molecule has 0 unspecified atom stereocenters. The lowest BCUT2D eigenvalue weighted by Crippen LogP contribution is -2.46. The van der Waals surface area contributed by atoms with E-state index in [9.17, 15) is 9.59 Å². The van der Waals surface area contributed by atoms with Crippen molar-refractivity contribution in [2.75, 3.05) is 32.1 Å². The second kappa shape index (κ2) is 8.11. The average molecular weight is 318 g/mol. The summed E-state index contributed by atoms with van der Waals surface area (Å²) < 4.78 is 5.16. The van der Waals surface area contributed by atoms with Gasteiger partial charge in [0.2, 0.25) is 0 Å². The van der Waals surface area contributed by atoms with E-state index in [2.05, 4.69) is 19.2 Å². The van der Waals surface area contributed by atoms with Gasteiger partial charge in [0.1, 0.15) is 0 Å². The number of methoxy groups -OCH3 is 1. The molecule has 0 aromatic heterocycles. The Hall–Kier alpha value is -1.88. The van der Waals surface area contributed by atoms with Crippen LogP contribution in [0.5, 0.6) is 0 Å². The number of carbonyl (C=O) groups is 2. The van der Waals surface area contributed by atoms with Crippen LogP contribution in [0.25, 0.3) is 0 Å². The summed E-state index contributed by atoms with van der Waals surface area (Å²) in [4.78, 5) is 26.2. The van der Waals surface area contributed by atoms with Crippen LogP contribution in [-0.4, -0.2) is 43.5 Å². The molecule has 1 aromatic rings. The molecule has 0 saturated carbocycles. The van der Waals surface area contributed by atoms with Gasteiger partial charge >= 0.3 is 11.8 Å². The monoisotopic (exact) mass is 318 g/mol. The van der Waals surface area contributed by atoms with E-state index in [1.165, 1.54) is 0 Å². The van der Waals surface area contributed by atoms with Gasteiger partial charge in [-0.05, 0) is 42.4 Å². The third kappa shape index (κ3) is 4.79. The minimum absolute atomic E-state index is 0.315. The first kappa shape index (κ1) is 17.5. The second-order valence-electron chi connectivity index (χ2n) is 6.45. The van der Waals surface area contributed by atoms with Crippen LogP contribution in [0.2, 0.25) is 0 Å². The molecule has 1 aliphatic rings. The van der Waals surface area contributed by atoms with Crippen LogP contribution in [-0.2, 0) is 14.3 Å². The van der Waals surface area contributed by atoms with Crippen molar-refractivity contribution in [3.05, 3.63) is 29.8 Å². The lowest BCUT2D eigenvalue weighted by Gasteiger charge is -2.31. The number of rotatable bonds is 4. The Morgan fingerprint density at radius 3 is 2.87 bits per heavy atom. The minimum atomic E-state index is -0.566. The number of amides is 2. The van der Waals surface area contributed by atoms with Gasteiger partial charge in [-0.25, -0.2) is 0 Å². The molecule has 2 rings (SSSR count). The Labute approximate surface area is 138 Å². The van der Waals surface area contributed by atoms with Crippen LogP contribution in [0.3, 0.4) is 0 Å². The number of hydrogen-bond acceptors (Lipinski definition) is 3. The molecule has 0 aliphatic carbocycles. The highest BCUT2D eigenvalue weighted by molar-refractivity contribution is 6.39. The molecule has 1 atom stereocenters. The Morgan fingerprint density at radius 1 is 1.39 bits per heavy atom. The van der Waals surface area contributed by atoms with E-state index in [0.717, 1.165) is 18.4 Å². The lowest BCUT2D eigenvalue weighted by atomic mass is 9.99. The fraction of sp³-hybridized carbons (Fsp3) is 0.556. The van der Waals surface area contributed by atoms with E-state index in [1.54, 1.807) is 18.1 Å². The first-order valence-electron chi connectivity index (χ1n) is 8.20. The number of piperidine rings is 1. The second-order valence-corrected chi connectivity index (χ2v) is 6.45. The quantitative estimate of drug-likeness (QED) is 0.868. The standard InChI is InChI=1S/C18H26N2O3/c1-13(2)15-7-4-8-16(10-15)19-17(21)18(22)20-9-5-6-14(11-20)12-23-3/h4,7-8,10,13-14H,5-6,9,11-12H2,1-3H3,(H,19,21)/t14-/m0/s1. The molecule has 1 fully saturated rings. The first-order chi connectivity index (χ1) is 11.0. The first-order valence-corrected chi connectivity index (χ1v) is 8.20. The maximum Gasteiger partial charge on any atom is 0.313 e. The fourth-order valence-electron chi connectivity index (χ4n) is 2.92. The van der Waals surface area contributed by atoms with Crippen LogP contribution in [0, 0.1) is 5.92 Å². The molecule has 126 valence electrons. The number of benzene rings is 1. The fourth-order valence-corrected chi connectivity index (χ4v) is 2.92. The molecule has 5 heteroatoms. The van der Waals surface area contributed by atoms with Gasteiger partial charge in [0.25, 0.3) is 0 Å². The van der Waals surface area contributed by atoms with Crippen LogP contribution < -0.4 is 5.32 Å². The zero-order valence-corrected chi connectivity index (χ0v) is 14.2. The average Bonchev–Trinajstić information content (AvgIpc) is 2.55. The third-order valence-corrected chi connectivity index (χ3v) is 4.21. The molecule has 0 radical (unpaired) electrons. The summed E-state index contributed by atoms with van der Waals surface area (Å²) in [5, 5.41) is 2.72. The zero-order valence-electron chi connectivity index (χ0n) is 14.2. The van der Waals surface area contributed by atoms with Gasteiger partial charge in [-0.3, -0.25) is 9.59 Å². The van der Waals surface area contributed by atoms with Crippen molar-refractivity contribution in [3.8, 4) is 0 Å². The molecule has 5 nitrogen and oxygen atoms in total. The molecular weight excluding hydrogens is 292 g/mol. The molecule has 1 saturated heterocycles. The maximum atomic E-state index is 12.3. The molecular formula is C18H26N2O3. The summed E-state index contributed by atoms with van der Waals surface area (Å²) in [6.45, 7) is 6.04. The molecule has 23 heavy (non-hydrogen) atoms. The summed E-state index contributed by atoms with van der Waals surface area (Å²) in [6, 6.07) is 7.63. The summed E-state index contributed by atoms with van der Waals surface area (Å²) in [7, 11) is 1.66. The Bertz CT molecular complexity index is 555. The van der Waals surface area contributed by atoms with Crippen molar-refractivity contribution in [2.24, 2.45) is 5.92 Å². The Balaban J connectivity index is 1.97. The van der Waals surface area contributed by atoms with Crippen molar-refractivity contribution in [1.29, 1.82) is 0 Å². The zero-order chi connectivity index (χ0) is 16.8. The summed E-state index contributed by atoms with van der Waals surface area (Å²) in [5.41, 5.74) is 1.80. The van der Waals surface area contributed by atoms with E-state index >= 15 is 0 Å². The smallest absolute Gasteiger partial charge is 0.313 e. The minimum Gasteiger partial charge on any atom is -0.384 e. The molecule has 2 amide bonds. The maximum absolute atomic E-state index is 12.3. The molecule has 0 bridgehead atoms. The number of anilines is 1. The molecule has 1 aliphatic heterocycles. The molecule has 1 N–H and O–H groups in total. The highest BCUT2D eigenvalue weighted by Gasteiger charge is 2.27. The number of nitrogens with one attached hydrogen (secondary N) is 1. The van der Waals surface area contributed by atoms with Crippen LogP contribution in [0.1, 0.15) is 38.2 Å². The molecule has 1 heterocycles.